The van der Waals surface area contributed by atoms with Gasteiger partial charge < -0.3 is 15.8 Å². The predicted octanol–water partition coefficient (Wildman–Crippen LogP) is 2.47. The van der Waals surface area contributed by atoms with Crippen molar-refractivity contribution >= 4 is 23.2 Å². The zero-order valence-corrected chi connectivity index (χ0v) is 11.5. The molecule has 100 valence electrons. The molecule has 1 atom stereocenters. The van der Waals surface area contributed by atoms with Gasteiger partial charge in [0.1, 0.15) is 0 Å². The molecule has 0 aliphatic carbocycles. The number of nitrogen functional groups attached to an aromatic ring is 1. The second kappa shape index (κ2) is 7.24. The number of methoxy groups -OCH3 is 1. The number of nitrogens with one attached hydrogen (secondary N) is 1. The van der Waals surface area contributed by atoms with Crippen molar-refractivity contribution < 1.29 is 9.53 Å². The molecule has 3 N–H and O–H groups in total. The van der Waals surface area contributed by atoms with E-state index < -0.39 is 0 Å². The number of hydrogen-bond donors (Lipinski definition) is 2. The highest BCUT2D eigenvalue weighted by Gasteiger charge is 2.15. The highest BCUT2D eigenvalue weighted by Crippen LogP contribution is 2.18. The Kier molecular flexibility index (Phi) is 5.95. The van der Waals surface area contributed by atoms with E-state index in [9.17, 15) is 4.79 Å². The number of carbonyl (C=O) groups excluding carboxylic acids is 1. The fourth-order valence-corrected chi connectivity index (χ4v) is 1.93. The van der Waals surface area contributed by atoms with Crippen molar-refractivity contribution in [2.24, 2.45) is 0 Å². The number of carbonyl (C=O) groups is 1. The molecule has 0 saturated heterocycles. The lowest BCUT2D eigenvalue weighted by Gasteiger charge is -2.17. The van der Waals surface area contributed by atoms with Gasteiger partial charge in [-0.25, -0.2) is 0 Å². The van der Waals surface area contributed by atoms with Gasteiger partial charge >= 0.3 is 0 Å². The summed E-state index contributed by atoms with van der Waals surface area (Å²) >= 11 is 5.80. The van der Waals surface area contributed by atoms with Crippen molar-refractivity contribution in [1.82, 2.24) is 5.32 Å². The molecule has 1 rings (SSSR count). The fraction of sp³-hybridized carbons (Fsp3) is 0.462. The van der Waals surface area contributed by atoms with Crippen molar-refractivity contribution in [1.29, 1.82) is 0 Å². The number of anilines is 1. The largest absolute Gasteiger partial charge is 0.398 e. The number of hydrogen-bond acceptors (Lipinski definition) is 3. The molecular formula is C13H19ClN2O2. The Labute approximate surface area is 112 Å². The third-order valence-electron chi connectivity index (χ3n) is 2.60. The SMILES string of the molecule is CCCC(COC)NC(=O)c1ccc(Cl)cc1N. The van der Waals surface area contributed by atoms with Gasteiger partial charge in [-0.15, -0.1) is 0 Å². The van der Waals surface area contributed by atoms with Gasteiger partial charge in [-0.2, -0.15) is 0 Å². The van der Waals surface area contributed by atoms with Crippen LogP contribution in [0, 0.1) is 0 Å². The van der Waals surface area contributed by atoms with Gasteiger partial charge in [-0.3, -0.25) is 4.79 Å². The molecule has 0 spiro atoms. The quantitative estimate of drug-likeness (QED) is 0.781. The number of halogens is 1. The summed E-state index contributed by atoms with van der Waals surface area (Å²) in [7, 11) is 1.62. The van der Waals surface area contributed by atoms with Crippen LogP contribution in [0.1, 0.15) is 30.1 Å². The van der Waals surface area contributed by atoms with E-state index in [0.717, 1.165) is 12.8 Å². The molecule has 0 aromatic heterocycles. The van der Waals surface area contributed by atoms with Crippen molar-refractivity contribution in [3.05, 3.63) is 28.8 Å². The second-order valence-corrected chi connectivity index (χ2v) is 4.58. The first-order valence-electron chi connectivity index (χ1n) is 5.93. The van der Waals surface area contributed by atoms with E-state index in [-0.39, 0.29) is 11.9 Å². The minimum Gasteiger partial charge on any atom is -0.398 e. The van der Waals surface area contributed by atoms with Crippen LogP contribution < -0.4 is 11.1 Å². The molecule has 0 heterocycles. The lowest BCUT2D eigenvalue weighted by Crippen LogP contribution is -2.38. The first kappa shape index (κ1) is 14.8. The zero-order chi connectivity index (χ0) is 13.5. The van der Waals surface area contributed by atoms with Crippen molar-refractivity contribution in [3.8, 4) is 0 Å². The van der Waals surface area contributed by atoms with E-state index in [1.165, 1.54) is 0 Å². The van der Waals surface area contributed by atoms with E-state index in [1.807, 2.05) is 0 Å². The molecule has 1 aromatic carbocycles. The zero-order valence-electron chi connectivity index (χ0n) is 10.7. The highest BCUT2D eigenvalue weighted by atomic mass is 35.5. The average Bonchev–Trinajstić information content (AvgIpc) is 2.29. The number of rotatable bonds is 6. The van der Waals surface area contributed by atoms with E-state index in [2.05, 4.69) is 12.2 Å². The summed E-state index contributed by atoms with van der Waals surface area (Å²) in [5, 5.41) is 3.43. The molecule has 0 fully saturated rings. The molecular weight excluding hydrogens is 252 g/mol. The molecule has 1 amide bonds. The van der Waals surface area contributed by atoms with Crippen LogP contribution in [0.15, 0.2) is 18.2 Å². The monoisotopic (exact) mass is 270 g/mol. The summed E-state index contributed by atoms with van der Waals surface area (Å²) in [4.78, 5) is 12.0. The maximum absolute atomic E-state index is 12.0. The Balaban J connectivity index is 2.73. The summed E-state index contributed by atoms with van der Waals surface area (Å²) in [6.45, 7) is 2.55. The van der Waals surface area contributed by atoms with Gasteiger partial charge in [0, 0.05) is 17.8 Å². The van der Waals surface area contributed by atoms with Gasteiger partial charge in [0.05, 0.1) is 18.2 Å². The Bertz CT molecular complexity index is 404. The van der Waals surface area contributed by atoms with E-state index >= 15 is 0 Å². The second-order valence-electron chi connectivity index (χ2n) is 4.15. The summed E-state index contributed by atoms with van der Waals surface area (Å²) in [6, 6.07) is 4.85. The molecule has 0 aliphatic rings. The molecule has 5 heteroatoms. The van der Waals surface area contributed by atoms with E-state index in [0.29, 0.717) is 22.9 Å². The lowest BCUT2D eigenvalue weighted by molar-refractivity contribution is 0.0892. The van der Waals surface area contributed by atoms with Crippen LogP contribution in [0.3, 0.4) is 0 Å². The van der Waals surface area contributed by atoms with Crippen LogP contribution in [-0.2, 0) is 4.74 Å². The topological polar surface area (TPSA) is 64.3 Å². The van der Waals surface area contributed by atoms with Crippen LogP contribution >= 0.6 is 11.6 Å². The van der Waals surface area contributed by atoms with Crippen LogP contribution in [0.4, 0.5) is 5.69 Å². The normalized spacial score (nSPS) is 12.2. The summed E-state index contributed by atoms with van der Waals surface area (Å²) in [5.74, 6) is -0.195. The highest BCUT2D eigenvalue weighted by molar-refractivity contribution is 6.31. The van der Waals surface area contributed by atoms with Gasteiger partial charge in [-0.1, -0.05) is 24.9 Å². The van der Waals surface area contributed by atoms with Crippen molar-refractivity contribution in [2.75, 3.05) is 19.5 Å². The lowest BCUT2D eigenvalue weighted by atomic mass is 10.1. The van der Waals surface area contributed by atoms with E-state index in [4.69, 9.17) is 22.1 Å². The number of benzene rings is 1. The van der Waals surface area contributed by atoms with Gasteiger partial charge in [0.2, 0.25) is 0 Å². The Morgan fingerprint density at radius 1 is 1.56 bits per heavy atom. The third-order valence-corrected chi connectivity index (χ3v) is 2.83. The number of amides is 1. The molecule has 0 bridgehead atoms. The molecule has 1 unspecified atom stereocenters. The molecule has 0 aliphatic heterocycles. The first-order valence-corrected chi connectivity index (χ1v) is 6.31. The standard InChI is InChI=1S/C13H19ClN2O2/c1-3-4-10(8-18-2)16-13(17)11-6-5-9(14)7-12(11)15/h5-7,10H,3-4,8,15H2,1-2H3,(H,16,17). The molecule has 0 saturated carbocycles. The minimum absolute atomic E-state index is 0.00239. The summed E-state index contributed by atoms with van der Waals surface area (Å²) in [5.41, 5.74) is 6.59. The average molecular weight is 271 g/mol. The molecule has 0 radical (unpaired) electrons. The van der Waals surface area contributed by atoms with Crippen molar-refractivity contribution in [2.45, 2.75) is 25.8 Å². The Morgan fingerprint density at radius 2 is 2.28 bits per heavy atom. The Hall–Kier alpha value is -1.26. The maximum Gasteiger partial charge on any atom is 0.253 e. The van der Waals surface area contributed by atoms with Crippen LogP contribution in [0.5, 0.6) is 0 Å². The van der Waals surface area contributed by atoms with Gasteiger partial charge in [-0.05, 0) is 24.6 Å². The summed E-state index contributed by atoms with van der Waals surface area (Å²) in [6.07, 6.45) is 1.84. The van der Waals surface area contributed by atoms with Gasteiger partial charge in [0.15, 0.2) is 0 Å². The maximum atomic E-state index is 12.0. The fourth-order valence-electron chi connectivity index (χ4n) is 1.75. The first-order chi connectivity index (χ1) is 8.58. The number of ether oxygens (including phenoxy) is 1. The number of nitrogens with two attached hydrogens (primary N) is 1. The molecule has 4 nitrogen and oxygen atoms in total. The predicted molar refractivity (Wildman–Crippen MR) is 73.9 cm³/mol. The minimum atomic E-state index is -0.195. The third kappa shape index (κ3) is 4.20. The molecule has 1 aromatic rings. The van der Waals surface area contributed by atoms with Crippen LogP contribution in [0.2, 0.25) is 5.02 Å². The van der Waals surface area contributed by atoms with Crippen molar-refractivity contribution in [3.63, 3.8) is 0 Å². The Morgan fingerprint density at radius 3 is 2.83 bits per heavy atom. The summed E-state index contributed by atoms with van der Waals surface area (Å²) < 4.78 is 5.08. The van der Waals surface area contributed by atoms with Crippen LogP contribution in [0.25, 0.3) is 0 Å². The van der Waals surface area contributed by atoms with Crippen LogP contribution in [-0.4, -0.2) is 25.7 Å². The van der Waals surface area contributed by atoms with E-state index in [1.54, 1.807) is 25.3 Å². The molecule has 18 heavy (non-hydrogen) atoms. The van der Waals surface area contributed by atoms with Gasteiger partial charge in [0.25, 0.3) is 5.91 Å². The smallest absolute Gasteiger partial charge is 0.253 e.